The predicted molar refractivity (Wildman–Crippen MR) is 121 cm³/mol. The zero-order chi connectivity index (χ0) is 22.1. The van der Waals surface area contributed by atoms with Crippen LogP contribution in [-0.2, 0) is 16.1 Å². The number of amides is 2. The summed E-state index contributed by atoms with van der Waals surface area (Å²) in [4.78, 5) is 30.7. The molecule has 2 aromatic carbocycles. The van der Waals surface area contributed by atoms with Gasteiger partial charge in [0.1, 0.15) is 11.4 Å². The quantitative estimate of drug-likeness (QED) is 0.640. The highest BCUT2D eigenvalue weighted by Gasteiger charge is 2.43. The summed E-state index contributed by atoms with van der Waals surface area (Å²) in [5.41, 5.74) is 2.43. The number of benzene rings is 2. The Morgan fingerprint density at radius 1 is 0.968 bits per heavy atom. The summed E-state index contributed by atoms with van der Waals surface area (Å²) in [5, 5.41) is 0.618. The van der Waals surface area contributed by atoms with Crippen LogP contribution in [0.3, 0.4) is 0 Å². The second kappa shape index (κ2) is 8.75. The summed E-state index contributed by atoms with van der Waals surface area (Å²) in [6.45, 7) is 6.10. The Morgan fingerprint density at radius 2 is 1.61 bits per heavy atom. The lowest BCUT2D eigenvalue weighted by atomic mass is 9.91. The standard InChI is InChI=1S/C25H27ClN2O3/c1-16-12-17(2)14-27(13-16)23-22(20-6-4-5-7-21(20)31-3)24(29)28(25(23)30)15-18-8-10-19(26)11-9-18/h4-11,16-17H,12-15H2,1-3H3. The highest BCUT2D eigenvalue weighted by atomic mass is 35.5. The van der Waals surface area contributed by atoms with Crippen LogP contribution in [-0.4, -0.2) is 41.8 Å². The molecule has 2 aliphatic heterocycles. The molecule has 2 heterocycles. The van der Waals surface area contributed by atoms with E-state index in [1.54, 1.807) is 19.2 Å². The van der Waals surface area contributed by atoms with Gasteiger partial charge in [-0.25, -0.2) is 0 Å². The largest absolute Gasteiger partial charge is 0.496 e. The average Bonchev–Trinajstić information content (AvgIpc) is 2.99. The number of hydrogen-bond acceptors (Lipinski definition) is 4. The molecule has 2 aromatic rings. The minimum absolute atomic E-state index is 0.204. The molecule has 6 heteroatoms. The van der Waals surface area contributed by atoms with Crippen molar-refractivity contribution in [1.29, 1.82) is 0 Å². The number of halogens is 1. The van der Waals surface area contributed by atoms with Gasteiger partial charge in [-0.1, -0.05) is 55.8 Å². The van der Waals surface area contributed by atoms with E-state index in [-0.39, 0.29) is 18.4 Å². The van der Waals surface area contributed by atoms with E-state index in [0.29, 0.717) is 39.4 Å². The monoisotopic (exact) mass is 438 g/mol. The lowest BCUT2D eigenvalue weighted by molar-refractivity contribution is -0.138. The molecule has 4 rings (SSSR count). The van der Waals surface area contributed by atoms with Crippen LogP contribution >= 0.6 is 11.6 Å². The van der Waals surface area contributed by atoms with Gasteiger partial charge in [0.05, 0.1) is 19.2 Å². The molecule has 0 aromatic heterocycles. The number of para-hydroxylation sites is 1. The van der Waals surface area contributed by atoms with Crippen molar-refractivity contribution < 1.29 is 14.3 Å². The third kappa shape index (κ3) is 4.19. The molecule has 31 heavy (non-hydrogen) atoms. The molecule has 5 nitrogen and oxygen atoms in total. The van der Waals surface area contributed by atoms with Crippen LogP contribution in [0.15, 0.2) is 54.2 Å². The van der Waals surface area contributed by atoms with E-state index in [0.717, 1.165) is 25.1 Å². The zero-order valence-corrected chi connectivity index (χ0v) is 18.9. The first kappa shape index (κ1) is 21.4. The van der Waals surface area contributed by atoms with Gasteiger partial charge >= 0.3 is 0 Å². The molecule has 162 valence electrons. The highest BCUT2D eigenvalue weighted by Crippen LogP contribution is 2.38. The normalized spacial score (nSPS) is 21.8. The van der Waals surface area contributed by atoms with Crippen molar-refractivity contribution in [1.82, 2.24) is 9.80 Å². The van der Waals surface area contributed by atoms with Gasteiger partial charge in [-0.2, -0.15) is 0 Å². The highest BCUT2D eigenvalue weighted by molar-refractivity contribution is 6.36. The van der Waals surface area contributed by atoms with E-state index >= 15 is 0 Å². The van der Waals surface area contributed by atoms with Gasteiger partial charge in [-0.3, -0.25) is 14.5 Å². The van der Waals surface area contributed by atoms with Gasteiger partial charge in [0.25, 0.3) is 11.8 Å². The SMILES string of the molecule is COc1ccccc1C1=C(N2CC(C)CC(C)C2)C(=O)N(Cc2ccc(Cl)cc2)C1=O. The van der Waals surface area contributed by atoms with Crippen LogP contribution in [0.4, 0.5) is 0 Å². The Balaban J connectivity index is 1.78. The molecular formula is C25H27ClN2O3. The Hall–Kier alpha value is -2.79. The molecule has 2 amide bonds. The average molecular weight is 439 g/mol. The maximum atomic E-state index is 13.6. The third-order valence-electron chi connectivity index (χ3n) is 5.96. The Bertz CT molecular complexity index is 1020. The molecule has 1 fully saturated rings. The molecule has 0 saturated carbocycles. The summed E-state index contributed by atoms with van der Waals surface area (Å²) in [5.74, 6) is 0.946. The summed E-state index contributed by atoms with van der Waals surface area (Å²) in [6.07, 6.45) is 1.12. The molecule has 2 aliphatic rings. The van der Waals surface area contributed by atoms with Gasteiger partial charge < -0.3 is 9.64 Å². The number of carbonyl (C=O) groups is 2. The van der Waals surface area contributed by atoms with Crippen LogP contribution < -0.4 is 4.74 Å². The number of carbonyl (C=O) groups excluding carboxylic acids is 2. The van der Waals surface area contributed by atoms with Crippen molar-refractivity contribution in [2.45, 2.75) is 26.8 Å². The maximum Gasteiger partial charge on any atom is 0.278 e. The Morgan fingerprint density at radius 3 is 2.26 bits per heavy atom. The Labute approximate surface area is 188 Å². The fraction of sp³-hybridized carbons (Fsp3) is 0.360. The fourth-order valence-corrected chi connectivity index (χ4v) is 4.84. The van der Waals surface area contributed by atoms with Gasteiger partial charge in [0.2, 0.25) is 0 Å². The first-order chi connectivity index (χ1) is 14.9. The van der Waals surface area contributed by atoms with E-state index in [1.807, 2.05) is 36.4 Å². The summed E-state index contributed by atoms with van der Waals surface area (Å²) >= 11 is 6.00. The lowest BCUT2D eigenvalue weighted by Crippen LogP contribution is -2.41. The maximum absolute atomic E-state index is 13.6. The number of rotatable bonds is 5. The van der Waals surface area contributed by atoms with Crippen molar-refractivity contribution in [3.8, 4) is 5.75 Å². The van der Waals surface area contributed by atoms with Crippen LogP contribution in [0.2, 0.25) is 5.02 Å². The van der Waals surface area contributed by atoms with E-state index in [4.69, 9.17) is 16.3 Å². The summed E-state index contributed by atoms with van der Waals surface area (Å²) in [7, 11) is 1.58. The van der Waals surface area contributed by atoms with Gasteiger partial charge in [-0.05, 0) is 42.0 Å². The first-order valence-electron chi connectivity index (χ1n) is 10.6. The second-order valence-electron chi connectivity index (χ2n) is 8.60. The van der Waals surface area contributed by atoms with Crippen LogP contribution in [0.5, 0.6) is 5.75 Å². The van der Waals surface area contributed by atoms with Crippen LogP contribution in [0.25, 0.3) is 5.57 Å². The van der Waals surface area contributed by atoms with Crippen molar-refractivity contribution in [3.63, 3.8) is 0 Å². The van der Waals surface area contributed by atoms with Crippen LogP contribution in [0, 0.1) is 11.8 Å². The number of ether oxygens (including phenoxy) is 1. The topological polar surface area (TPSA) is 49.9 Å². The third-order valence-corrected chi connectivity index (χ3v) is 6.21. The molecule has 0 spiro atoms. The predicted octanol–water partition coefficient (Wildman–Crippen LogP) is 4.61. The van der Waals surface area contributed by atoms with Gasteiger partial charge in [-0.15, -0.1) is 0 Å². The van der Waals surface area contributed by atoms with Crippen molar-refractivity contribution in [2.24, 2.45) is 11.8 Å². The van der Waals surface area contributed by atoms with E-state index in [9.17, 15) is 9.59 Å². The second-order valence-corrected chi connectivity index (χ2v) is 9.03. The molecule has 1 saturated heterocycles. The lowest BCUT2D eigenvalue weighted by Gasteiger charge is -2.37. The molecule has 0 N–H and O–H groups in total. The molecule has 2 unspecified atom stereocenters. The smallest absolute Gasteiger partial charge is 0.278 e. The molecule has 2 atom stereocenters. The number of hydrogen-bond donors (Lipinski definition) is 0. The number of nitrogens with zero attached hydrogens (tertiary/aromatic N) is 2. The number of methoxy groups -OCH3 is 1. The minimum atomic E-state index is -0.287. The van der Waals surface area contributed by atoms with Crippen LogP contribution in [0.1, 0.15) is 31.4 Å². The molecule has 0 aliphatic carbocycles. The van der Waals surface area contributed by atoms with E-state index in [2.05, 4.69) is 18.7 Å². The summed E-state index contributed by atoms with van der Waals surface area (Å²) < 4.78 is 5.54. The molecule has 0 bridgehead atoms. The van der Waals surface area contributed by atoms with Crippen molar-refractivity contribution >= 4 is 29.0 Å². The van der Waals surface area contributed by atoms with E-state index < -0.39 is 0 Å². The van der Waals surface area contributed by atoms with Crippen molar-refractivity contribution in [2.75, 3.05) is 20.2 Å². The molecular weight excluding hydrogens is 412 g/mol. The fourth-order valence-electron chi connectivity index (χ4n) is 4.71. The van der Waals surface area contributed by atoms with Crippen molar-refractivity contribution in [3.05, 3.63) is 70.4 Å². The first-order valence-corrected chi connectivity index (χ1v) is 11.0. The number of likely N-dealkylation sites (tertiary alicyclic amines) is 1. The Kier molecular flexibility index (Phi) is 6.05. The molecule has 0 radical (unpaired) electrons. The zero-order valence-electron chi connectivity index (χ0n) is 18.1. The summed E-state index contributed by atoms with van der Waals surface area (Å²) in [6, 6.07) is 14.6. The number of imide groups is 1. The van der Waals surface area contributed by atoms with E-state index in [1.165, 1.54) is 4.90 Å². The van der Waals surface area contributed by atoms with Gasteiger partial charge in [0.15, 0.2) is 0 Å². The number of piperidine rings is 1. The minimum Gasteiger partial charge on any atom is -0.496 e. The van der Waals surface area contributed by atoms with Gasteiger partial charge in [0, 0.05) is 23.7 Å².